The van der Waals surface area contributed by atoms with Crippen LogP contribution >= 0.6 is 11.6 Å². The van der Waals surface area contributed by atoms with E-state index < -0.39 is 10.0 Å². The first-order chi connectivity index (χ1) is 13.4. The van der Waals surface area contributed by atoms with Gasteiger partial charge in [-0.2, -0.15) is 9.29 Å². The molecule has 0 amide bonds. The topological polar surface area (TPSA) is 69.6 Å². The second-order valence-corrected chi connectivity index (χ2v) is 9.55. The van der Waals surface area contributed by atoms with Gasteiger partial charge >= 0.3 is 0 Å². The van der Waals surface area contributed by atoms with Crippen molar-refractivity contribution in [2.75, 3.05) is 49.1 Å². The van der Waals surface area contributed by atoms with Gasteiger partial charge in [-0.15, -0.1) is 0 Å². The van der Waals surface area contributed by atoms with E-state index >= 15 is 0 Å². The maximum Gasteiger partial charge on any atom is 0.243 e. The molecule has 2 saturated heterocycles. The zero-order chi connectivity index (χ0) is 19.7. The summed E-state index contributed by atoms with van der Waals surface area (Å²) in [5, 5.41) is 0.429. The standard InChI is InChI=1S/C19H24ClN5O2S/c1-15-4-5-16(20)14-17(15)28(26,27)25-12-10-23(11-13-25)18-6-7-21-19(22-18)24-8-2-3-9-24/h4-7,14H,2-3,8-13H2,1H3. The average Bonchev–Trinajstić information content (AvgIpc) is 3.25. The highest BCUT2D eigenvalue weighted by molar-refractivity contribution is 7.89. The highest BCUT2D eigenvalue weighted by Gasteiger charge is 2.30. The van der Waals surface area contributed by atoms with E-state index in [1.807, 2.05) is 6.07 Å². The van der Waals surface area contributed by atoms with E-state index in [-0.39, 0.29) is 4.90 Å². The molecule has 1 aromatic heterocycles. The van der Waals surface area contributed by atoms with Crippen molar-refractivity contribution in [3.05, 3.63) is 41.0 Å². The van der Waals surface area contributed by atoms with Crippen molar-refractivity contribution >= 4 is 33.4 Å². The molecule has 2 aromatic rings. The number of piperazine rings is 1. The van der Waals surface area contributed by atoms with Gasteiger partial charge in [0.05, 0.1) is 4.90 Å². The smallest absolute Gasteiger partial charge is 0.243 e. The van der Waals surface area contributed by atoms with Gasteiger partial charge in [-0.3, -0.25) is 0 Å². The van der Waals surface area contributed by atoms with Crippen LogP contribution in [0.4, 0.5) is 11.8 Å². The molecule has 0 atom stereocenters. The molecule has 2 aliphatic heterocycles. The lowest BCUT2D eigenvalue weighted by molar-refractivity contribution is 0.383. The highest BCUT2D eigenvalue weighted by Crippen LogP contribution is 2.26. The van der Waals surface area contributed by atoms with Crippen LogP contribution in [0.3, 0.4) is 0 Å². The summed E-state index contributed by atoms with van der Waals surface area (Å²) in [5.41, 5.74) is 0.706. The van der Waals surface area contributed by atoms with Crippen molar-refractivity contribution < 1.29 is 8.42 Å². The predicted molar refractivity (Wildman–Crippen MR) is 111 cm³/mol. The fraction of sp³-hybridized carbons (Fsp3) is 0.474. The second-order valence-electron chi connectivity index (χ2n) is 7.21. The predicted octanol–water partition coefficient (Wildman–Crippen LogP) is 2.55. The van der Waals surface area contributed by atoms with Crippen LogP contribution in [-0.2, 0) is 10.0 Å². The Labute approximate surface area is 171 Å². The third-order valence-electron chi connectivity index (χ3n) is 5.35. The Morgan fingerprint density at radius 1 is 0.964 bits per heavy atom. The van der Waals surface area contributed by atoms with Crippen LogP contribution in [0.1, 0.15) is 18.4 Å². The fourth-order valence-corrected chi connectivity index (χ4v) is 5.64. The van der Waals surface area contributed by atoms with Gasteiger partial charge < -0.3 is 9.80 Å². The van der Waals surface area contributed by atoms with E-state index in [1.165, 1.54) is 23.2 Å². The molecule has 7 nitrogen and oxygen atoms in total. The van der Waals surface area contributed by atoms with E-state index in [4.69, 9.17) is 16.6 Å². The summed E-state index contributed by atoms with van der Waals surface area (Å²) < 4.78 is 27.6. The monoisotopic (exact) mass is 421 g/mol. The fourth-order valence-electron chi connectivity index (χ4n) is 3.73. The van der Waals surface area contributed by atoms with Crippen molar-refractivity contribution in [1.29, 1.82) is 0 Å². The van der Waals surface area contributed by atoms with Gasteiger partial charge in [0.2, 0.25) is 16.0 Å². The van der Waals surface area contributed by atoms with Crippen LogP contribution in [0.5, 0.6) is 0 Å². The number of aromatic nitrogens is 2. The van der Waals surface area contributed by atoms with Crippen molar-refractivity contribution in [1.82, 2.24) is 14.3 Å². The molecule has 1 aromatic carbocycles. The molecule has 0 radical (unpaired) electrons. The Hall–Kier alpha value is -1.90. The lowest BCUT2D eigenvalue weighted by Gasteiger charge is -2.35. The Morgan fingerprint density at radius 3 is 2.39 bits per heavy atom. The number of sulfonamides is 1. The molecule has 0 unspecified atom stereocenters. The number of rotatable bonds is 4. The molecule has 0 spiro atoms. The average molecular weight is 422 g/mol. The Balaban J connectivity index is 1.47. The number of aryl methyl sites for hydroxylation is 1. The highest BCUT2D eigenvalue weighted by atomic mass is 35.5. The molecule has 2 fully saturated rings. The van der Waals surface area contributed by atoms with Gasteiger partial charge in [-0.25, -0.2) is 13.4 Å². The zero-order valence-electron chi connectivity index (χ0n) is 15.9. The summed E-state index contributed by atoms with van der Waals surface area (Å²) in [6, 6.07) is 6.88. The number of nitrogens with zero attached hydrogens (tertiary/aromatic N) is 5. The summed E-state index contributed by atoms with van der Waals surface area (Å²) in [5.74, 6) is 1.62. The first-order valence-corrected chi connectivity index (χ1v) is 11.4. The molecule has 28 heavy (non-hydrogen) atoms. The molecule has 3 heterocycles. The summed E-state index contributed by atoms with van der Waals surface area (Å²) >= 11 is 6.02. The number of hydrogen-bond acceptors (Lipinski definition) is 6. The van der Waals surface area contributed by atoms with E-state index in [0.717, 1.165) is 24.9 Å². The Morgan fingerprint density at radius 2 is 1.68 bits per heavy atom. The van der Waals surface area contributed by atoms with Crippen LogP contribution in [-0.4, -0.2) is 62.0 Å². The molecular weight excluding hydrogens is 398 g/mol. The van der Waals surface area contributed by atoms with Crippen LogP contribution in [0, 0.1) is 6.92 Å². The number of anilines is 2. The minimum absolute atomic E-state index is 0.284. The molecule has 0 N–H and O–H groups in total. The number of halogens is 1. The molecule has 0 saturated carbocycles. The van der Waals surface area contributed by atoms with E-state index in [1.54, 1.807) is 25.3 Å². The van der Waals surface area contributed by atoms with Crippen molar-refractivity contribution in [3.63, 3.8) is 0 Å². The summed E-state index contributed by atoms with van der Waals surface area (Å²) in [6.45, 7) is 5.79. The largest absolute Gasteiger partial charge is 0.354 e. The van der Waals surface area contributed by atoms with Crippen LogP contribution in [0.2, 0.25) is 5.02 Å². The number of benzene rings is 1. The first kappa shape index (κ1) is 19.4. The zero-order valence-corrected chi connectivity index (χ0v) is 17.5. The first-order valence-electron chi connectivity index (χ1n) is 9.54. The summed E-state index contributed by atoms with van der Waals surface area (Å²) in [7, 11) is -3.56. The van der Waals surface area contributed by atoms with Crippen LogP contribution in [0.25, 0.3) is 0 Å². The molecule has 0 aliphatic carbocycles. The summed E-state index contributed by atoms with van der Waals surface area (Å²) in [4.78, 5) is 13.7. The lowest BCUT2D eigenvalue weighted by atomic mass is 10.2. The third-order valence-corrected chi connectivity index (χ3v) is 7.62. The van der Waals surface area contributed by atoms with Gasteiger partial charge in [-0.05, 0) is 43.5 Å². The van der Waals surface area contributed by atoms with Crippen LogP contribution < -0.4 is 9.80 Å². The van der Waals surface area contributed by atoms with Crippen LogP contribution in [0.15, 0.2) is 35.4 Å². The normalized spacial score (nSPS) is 18.6. The van der Waals surface area contributed by atoms with Gasteiger partial charge in [0, 0.05) is 50.5 Å². The van der Waals surface area contributed by atoms with E-state index in [2.05, 4.69) is 14.8 Å². The third kappa shape index (κ3) is 3.81. The van der Waals surface area contributed by atoms with Crippen molar-refractivity contribution in [3.8, 4) is 0 Å². The Bertz CT molecular complexity index is 955. The molecule has 2 aliphatic rings. The SMILES string of the molecule is Cc1ccc(Cl)cc1S(=O)(=O)N1CCN(c2ccnc(N3CCCC3)n2)CC1. The second kappa shape index (κ2) is 7.85. The quantitative estimate of drug-likeness (QED) is 0.755. The summed E-state index contributed by atoms with van der Waals surface area (Å²) in [6.07, 6.45) is 4.13. The van der Waals surface area contributed by atoms with E-state index in [9.17, 15) is 8.42 Å². The molecule has 0 bridgehead atoms. The Kier molecular flexibility index (Phi) is 5.44. The molecular formula is C19H24ClN5O2S. The van der Waals surface area contributed by atoms with E-state index in [0.29, 0.717) is 36.8 Å². The molecule has 4 rings (SSSR count). The van der Waals surface area contributed by atoms with Gasteiger partial charge in [0.25, 0.3) is 0 Å². The van der Waals surface area contributed by atoms with Gasteiger partial charge in [0.1, 0.15) is 5.82 Å². The lowest BCUT2D eigenvalue weighted by Crippen LogP contribution is -2.49. The maximum absolute atomic E-state index is 13.0. The number of hydrogen-bond donors (Lipinski definition) is 0. The van der Waals surface area contributed by atoms with Gasteiger partial charge in [0.15, 0.2) is 0 Å². The van der Waals surface area contributed by atoms with Crippen molar-refractivity contribution in [2.45, 2.75) is 24.7 Å². The maximum atomic E-state index is 13.0. The molecule has 9 heteroatoms. The molecule has 150 valence electrons. The minimum atomic E-state index is -3.56. The van der Waals surface area contributed by atoms with Gasteiger partial charge in [-0.1, -0.05) is 17.7 Å². The van der Waals surface area contributed by atoms with Crippen molar-refractivity contribution in [2.24, 2.45) is 0 Å². The minimum Gasteiger partial charge on any atom is -0.354 e.